The van der Waals surface area contributed by atoms with E-state index in [-0.39, 0.29) is 5.84 Å². The minimum atomic E-state index is 0.0302. The molecule has 2 heterocycles. The largest absolute Gasteiger partial charge is 0.384 e. The Morgan fingerprint density at radius 3 is 2.95 bits per heavy atom. The number of rotatable bonds is 2. The van der Waals surface area contributed by atoms with E-state index < -0.39 is 0 Å². The number of nitrogen functional groups attached to an aromatic ring is 1. The number of aromatic nitrogens is 2. The van der Waals surface area contributed by atoms with Gasteiger partial charge in [0.25, 0.3) is 0 Å². The number of nitrogens with one attached hydrogen (secondary N) is 1. The summed E-state index contributed by atoms with van der Waals surface area (Å²) in [6.07, 6.45) is 3.81. The first-order valence-electron chi connectivity index (χ1n) is 6.04. The van der Waals surface area contributed by atoms with Gasteiger partial charge >= 0.3 is 0 Å². The van der Waals surface area contributed by atoms with Crippen LogP contribution in [0.15, 0.2) is 30.6 Å². The van der Waals surface area contributed by atoms with E-state index in [1.54, 1.807) is 6.07 Å². The van der Waals surface area contributed by atoms with Gasteiger partial charge in [-0.05, 0) is 18.2 Å². The number of imidazole rings is 1. The molecule has 98 valence electrons. The molecule has 0 atom stereocenters. The summed E-state index contributed by atoms with van der Waals surface area (Å²) in [4.78, 5) is 6.52. The third-order valence-corrected chi connectivity index (χ3v) is 3.65. The third-order valence-electron chi connectivity index (χ3n) is 3.34. The van der Waals surface area contributed by atoms with Crippen molar-refractivity contribution in [3.05, 3.63) is 47.0 Å². The highest BCUT2D eigenvalue weighted by Crippen LogP contribution is 2.29. The van der Waals surface area contributed by atoms with Gasteiger partial charge in [-0.1, -0.05) is 11.6 Å². The number of hydrogen-bond donors (Lipinski definition) is 2. The van der Waals surface area contributed by atoms with Crippen LogP contribution < -0.4 is 10.6 Å². The fraction of sp³-hybridized carbons (Fsp3) is 0.231. The Labute approximate surface area is 116 Å². The Bertz CT molecular complexity index is 634. The molecule has 3 N–H and O–H groups in total. The molecule has 0 spiro atoms. The molecule has 0 aliphatic carbocycles. The number of nitrogens with zero attached hydrogens (tertiary/aromatic N) is 3. The van der Waals surface area contributed by atoms with E-state index in [1.807, 2.05) is 24.5 Å². The van der Waals surface area contributed by atoms with Gasteiger partial charge in [0.2, 0.25) is 0 Å². The van der Waals surface area contributed by atoms with Gasteiger partial charge in [0.1, 0.15) is 11.7 Å². The van der Waals surface area contributed by atoms with Crippen molar-refractivity contribution in [3.8, 4) is 0 Å². The van der Waals surface area contributed by atoms with Gasteiger partial charge in [-0.2, -0.15) is 0 Å². The molecule has 5 nitrogen and oxygen atoms in total. The lowest BCUT2D eigenvalue weighted by atomic mass is 10.1. The molecule has 1 aromatic carbocycles. The van der Waals surface area contributed by atoms with Crippen LogP contribution in [0.5, 0.6) is 0 Å². The molecule has 6 heteroatoms. The number of anilines is 1. The molecular formula is C13H14ClN5. The van der Waals surface area contributed by atoms with Crippen LogP contribution in [0.25, 0.3) is 0 Å². The van der Waals surface area contributed by atoms with Crippen LogP contribution in [0.1, 0.15) is 11.4 Å². The van der Waals surface area contributed by atoms with E-state index in [2.05, 4.69) is 14.5 Å². The summed E-state index contributed by atoms with van der Waals surface area (Å²) in [5.74, 6) is 1.07. The zero-order valence-electron chi connectivity index (χ0n) is 10.3. The summed E-state index contributed by atoms with van der Waals surface area (Å²) in [5.41, 5.74) is 7.06. The molecule has 0 unspecified atom stereocenters. The number of fused-ring (bicyclic) bond motifs is 1. The standard InChI is InChI=1S/C13H14ClN5/c14-10-7-9(13(15)16)1-2-11(10)19-6-5-18-4-3-17-12(18)8-19/h1-4,7H,5-6,8H2,(H3,15,16). The van der Waals surface area contributed by atoms with Crippen molar-refractivity contribution in [1.82, 2.24) is 9.55 Å². The number of hydrogen-bond acceptors (Lipinski definition) is 3. The Morgan fingerprint density at radius 1 is 1.37 bits per heavy atom. The molecule has 1 aliphatic heterocycles. The van der Waals surface area contributed by atoms with Crippen molar-refractivity contribution >= 4 is 23.1 Å². The van der Waals surface area contributed by atoms with E-state index in [0.717, 1.165) is 31.1 Å². The first-order valence-corrected chi connectivity index (χ1v) is 6.42. The average Bonchev–Trinajstić information content (AvgIpc) is 2.85. The maximum atomic E-state index is 7.41. The Balaban J connectivity index is 1.90. The first kappa shape index (κ1) is 12.0. The third kappa shape index (κ3) is 2.17. The first-order chi connectivity index (χ1) is 9.15. The Kier molecular flexibility index (Phi) is 2.91. The summed E-state index contributed by atoms with van der Waals surface area (Å²) in [6.45, 7) is 2.54. The minimum absolute atomic E-state index is 0.0302. The smallest absolute Gasteiger partial charge is 0.128 e. The van der Waals surface area contributed by atoms with E-state index in [4.69, 9.17) is 22.7 Å². The normalized spacial score (nSPS) is 14.3. The Morgan fingerprint density at radius 2 is 2.21 bits per heavy atom. The maximum absolute atomic E-state index is 7.41. The second-order valence-corrected chi connectivity index (χ2v) is 4.95. The van der Waals surface area contributed by atoms with E-state index >= 15 is 0 Å². The summed E-state index contributed by atoms with van der Waals surface area (Å²) in [5, 5.41) is 8.03. The second-order valence-electron chi connectivity index (χ2n) is 4.54. The fourth-order valence-corrected chi connectivity index (χ4v) is 2.61. The van der Waals surface area contributed by atoms with Crippen LogP contribution in [0, 0.1) is 5.41 Å². The number of amidine groups is 1. The van der Waals surface area contributed by atoms with Gasteiger partial charge in [0.05, 0.1) is 17.3 Å². The average molecular weight is 276 g/mol. The molecule has 2 aromatic rings. The van der Waals surface area contributed by atoms with Crippen molar-refractivity contribution in [1.29, 1.82) is 5.41 Å². The van der Waals surface area contributed by atoms with Crippen LogP contribution in [-0.4, -0.2) is 21.9 Å². The van der Waals surface area contributed by atoms with Gasteiger partial charge in [0.15, 0.2) is 0 Å². The van der Waals surface area contributed by atoms with Crippen molar-refractivity contribution in [2.75, 3.05) is 11.4 Å². The predicted molar refractivity (Wildman–Crippen MR) is 75.7 cm³/mol. The molecule has 0 saturated heterocycles. The van der Waals surface area contributed by atoms with Crippen LogP contribution in [0.4, 0.5) is 5.69 Å². The number of nitrogens with two attached hydrogens (primary N) is 1. The van der Waals surface area contributed by atoms with Crippen molar-refractivity contribution in [3.63, 3.8) is 0 Å². The van der Waals surface area contributed by atoms with Gasteiger partial charge in [0, 0.05) is 31.0 Å². The quantitative estimate of drug-likeness (QED) is 0.649. The highest BCUT2D eigenvalue weighted by atomic mass is 35.5. The summed E-state index contributed by atoms with van der Waals surface area (Å²) in [7, 11) is 0. The molecule has 0 saturated carbocycles. The molecule has 0 amide bonds. The molecule has 1 aromatic heterocycles. The lowest BCUT2D eigenvalue weighted by molar-refractivity contribution is 0.560. The zero-order chi connectivity index (χ0) is 13.4. The lowest BCUT2D eigenvalue weighted by Crippen LogP contribution is -2.33. The highest BCUT2D eigenvalue weighted by molar-refractivity contribution is 6.33. The Hall–Kier alpha value is -2.01. The minimum Gasteiger partial charge on any atom is -0.384 e. The van der Waals surface area contributed by atoms with Gasteiger partial charge in [-0.3, -0.25) is 5.41 Å². The molecule has 19 heavy (non-hydrogen) atoms. The van der Waals surface area contributed by atoms with Crippen molar-refractivity contribution in [2.45, 2.75) is 13.1 Å². The monoisotopic (exact) mass is 275 g/mol. The SMILES string of the molecule is N=C(N)c1ccc(N2CCn3ccnc3C2)c(Cl)c1. The highest BCUT2D eigenvalue weighted by Gasteiger charge is 2.19. The molecular weight excluding hydrogens is 262 g/mol. The van der Waals surface area contributed by atoms with Crippen LogP contribution in [-0.2, 0) is 13.1 Å². The summed E-state index contributed by atoms with van der Waals surface area (Å²) in [6, 6.07) is 5.47. The van der Waals surface area contributed by atoms with Crippen molar-refractivity contribution < 1.29 is 0 Å². The van der Waals surface area contributed by atoms with Crippen LogP contribution in [0.2, 0.25) is 5.02 Å². The van der Waals surface area contributed by atoms with Crippen molar-refractivity contribution in [2.24, 2.45) is 5.73 Å². The topological polar surface area (TPSA) is 70.9 Å². The lowest BCUT2D eigenvalue weighted by Gasteiger charge is -2.30. The molecule has 3 rings (SSSR count). The molecule has 0 fully saturated rings. The van der Waals surface area contributed by atoms with E-state index in [0.29, 0.717) is 10.6 Å². The van der Waals surface area contributed by atoms with Crippen LogP contribution in [0.3, 0.4) is 0 Å². The second kappa shape index (κ2) is 4.59. The maximum Gasteiger partial charge on any atom is 0.128 e. The number of halogens is 1. The molecule has 0 bridgehead atoms. The fourth-order valence-electron chi connectivity index (χ4n) is 2.31. The van der Waals surface area contributed by atoms with E-state index in [1.165, 1.54) is 0 Å². The number of benzene rings is 1. The molecule has 1 aliphatic rings. The van der Waals surface area contributed by atoms with Gasteiger partial charge in [-0.15, -0.1) is 0 Å². The zero-order valence-corrected chi connectivity index (χ0v) is 11.1. The van der Waals surface area contributed by atoms with Gasteiger partial charge in [-0.25, -0.2) is 4.98 Å². The summed E-state index contributed by atoms with van der Waals surface area (Å²) < 4.78 is 2.15. The molecule has 0 radical (unpaired) electrons. The summed E-state index contributed by atoms with van der Waals surface area (Å²) >= 11 is 6.29. The van der Waals surface area contributed by atoms with E-state index in [9.17, 15) is 0 Å². The van der Waals surface area contributed by atoms with Gasteiger partial charge < -0.3 is 15.2 Å². The predicted octanol–water partition coefficient (Wildman–Crippen LogP) is 1.84. The van der Waals surface area contributed by atoms with Crippen LogP contribution >= 0.6 is 11.6 Å².